The minimum atomic E-state index is -0.491. The van der Waals surface area contributed by atoms with Crippen LogP contribution in [0, 0.1) is 0 Å². The summed E-state index contributed by atoms with van der Waals surface area (Å²) >= 11 is 0. The number of pyridine rings is 1. The van der Waals surface area contributed by atoms with E-state index in [4.69, 9.17) is 14.7 Å². The van der Waals surface area contributed by atoms with E-state index in [0.717, 1.165) is 33.7 Å². The number of ether oxygens (including phenoxy) is 1. The zero-order valence-corrected chi connectivity index (χ0v) is 27.5. The van der Waals surface area contributed by atoms with Gasteiger partial charge in [0.05, 0.1) is 28.7 Å². The van der Waals surface area contributed by atoms with E-state index in [2.05, 4.69) is 84.9 Å². The maximum absolute atomic E-state index is 10.6. The molecule has 7 aromatic carbocycles. The summed E-state index contributed by atoms with van der Waals surface area (Å²) < 4.78 is 6.72. The SMILES string of the molecule is Oc1cccc2cccc(N=Cc3cccc(-c4cc5c(cc4Oc4ccccc4)-c4ccccc4C54c5ccccc5-c5ccccc54)n3)c12. The Balaban J connectivity index is 1.19. The van der Waals surface area contributed by atoms with E-state index in [1.807, 2.05) is 78.9 Å². The molecule has 0 fully saturated rings. The van der Waals surface area contributed by atoms with Gasteiger partial charge in [-0.05, 0) is 98.4 Å². The summed E-state index contributed by atoms with van der Waals surface area (Å²) in [6.45, 7) is 0. The smallest absolute Gasteiger partial charge is 0.137 e. The summed E-state index contributed by atoms with van der Waals surface area (Å²) in [4.78, 5) is 9.95. The van der Waals surface area contributed by atoms with E-state index in [-0.39, 0.29) is 5.75 Å². The van der Waals surface area contributed by atoms with Crippen LogP contribution in [0.15, 0.2) is 175 Å². The molecule has 1 aromatic heterocycles. The van der Waals surface area contributed by atoms with Gasteiger partial charge in [0.25, 0.3) is 0 Å². The number of phenols is 1. The molecule has 2 aliphatic carbocycles. The summed E-state index contributed by atoms with van der Waals surface area (Å²) in [5.74, 6) is 1.68. The van der Waals surface area contributed by atoms with Crippen LogP contribution in [0.4, 0.5) is 5.69 Å². The van der Waals surface area contributed by atoms with E-state index in [9.17, 15) is 5.11 Å². The van der Waals surface area contributed by atoms with Crippen LogP contribution in [0.1, 0.15) is 27.9 Å². The zero-order valence-electron chi connectivity index (χ0n) is 27.5. The number of nitrogens with zero attached hydrogens (tertiary/aromatic N) is 2. The van der Waals surface area contributed by atoms with Crippen molar-refractivity contribution in [3.05, 3.63) is 198 Å². The molecule has 0 bridgehead atoms. The second kappa shape index (κ2) is 11.4. The number of hydrogen-bond acceptors (Lipinski definition) is 4. The van der Waals surface area contributed by atoms with Gasteiger partial charge in [0, 0.05) is 10.9 Å². The fraction of sp³-hybridized carbons (Fsp3) is 0.0213. The maximum Gasteiger partial charge on any atom is 0.137 e. The van der Waals surface area contributed by atoms with Crippen LogP contribution in [0.5, 0.6) is 17.2 Å². The Bertz CT molecular complexity index is 2650. The van der Waals surface area contributed by atoms with Crippen LogP contribution < -0.4 is 4.74 Å². The molecule has 0 atom stereocenters. The lowest BCUT2D eigenvalue weighted by Crippen LogP contribution is -2.25. The number of benzene rings is 7. The summed E-state index contributed by atoms with van der Waals surface area (Å²) in [5, 5.41) is 12.3. The third-order valence-electron chi connectivity index (χ3n) is 10.3. The first-order valence-corrected chi connectivity index (χ1v) is 17.1. The minimum absolute atomic E-state index is 0.202. The highest BCUT2D eigenvalue weighted by Gasteiger charge is 2.51. The Hall–Kier alpha value is -6.78. The van der Waals surface area contributed by atoms with E-state index < -0.39 is 5.41 Å². The van der Waals surface area contributed by atoms with Gasteiger partial charge in [-0.2, -0.15) is 0 Å². The number of para-hydroxylation sites is 1. The molecular formula is C47H30N2O2. The van der Waals surface area contributed by atoms with Crippen molar-refractivity contribution >= 4 is 22.7 Å². The van der Waals surface area contributed by atoms with Crippen molar-refractivity contribution in [3.63, 3.8) is 0 Å². The quantitative estimate of drug-likeness (QED) is 0.188. The highest BCUT2D eigenvalue weighted by molar-refractivity contribution is 6.00. The van der Waals surface area contributed by atoms with Crippen molar-refractivity contribution in [2.45, 2.75) is 5.41 Å². The lowest BCUT2D eigenvalue weighted by molar-refractivity contribution is 0.481. The summed E-state index contributed by atoms with van der Waals surface area (Å²) in [7, 11) is 0. The number of rotatable bonds is 5. The molecule has 4 nitrogen and oxygen atoms in total. The molecule has 4 heteroatoms. The fourth-order valence-corrected chi connectivity index (χ4v) is 8.24. The van der Waals surface area contributed by atoms with Crippen molar-refractivity contribution < 1.29 is 9.84 Å². The van der Waals surface area contributed by atoms with Gasteiger partial charge in [0.1, 0.15) is 17.2 Å². The molecule has 1 spiro atoms. The number of fused-ring (bicyclic) bond motifs is 11. The molecule has 10 rings (SSSR count). The molecule has 1 heterocycles. The number of aliphatic imine (C=N–C) groups is 1. The Morgan fingerprint density at radius 2 is 1.14 bits per heavy atom. The van der Waals surface area contributed by atoms with Crippen molar-refractivity contribution in [2.75, 3.05) is 0 Å². The van der Waals surface area contributed by atoms with Gasteiger partial charge < -0.3 is 9.84 Å². The highest BCUT2D eigenvalue weighted by Crippen LogP contribution is 2.63. The largest absolute Gasteiger partial charge is 0.507 e. The lowest BCUT2D eigenvalue weighted by atomic mass is 9.70. The second-order valence-electron chi connectivity index (χ2n) is 13.1. The average Bonchev–Trinajstić information content (AvgIpc) is 3.64. The van der Waals surface area contributed by atoms with Crippen molar-refractivity contribution in [1.29, 1.82) is 0 Å². The van der Waals surface area contributed by atoms with Crippen LogP contribution in [0.3, 0.4) is 0 Å². The van der Waals surface area contributed by atoms with Crippen LogP contribution in [0.25, 0.3) is 44.3 Å². The number of aromatic nitrogens is 1. The van der Waals surface area contributed by atoms with E-state index in [1.165, 1.54) is 38.9 Å². The lowest BCUT2D eigenvalue weighted by Gasteiger charge is -2.31. The van der Waals surface area contributed by atoms with Crippen LogP contribution in [-0.2, 0) is 5.41 Å². The summed E-state index contributed by atoms with van der Waals surface area (Å²) in [6, 6.07) is 58.2. The molecule has 0 saturated heterocycles. The normalized spacial score (nSPS) is 13.3. The Labute approximate surface area is 295 Å². The van der Waals surface area contributed by atoms with Gasteiger partial charge in [-0.15, -0.1) is 0 Å². The standard InChI is InChI=1S/C47H30N2O2/c50-44-26-11-14-30-13-10-25-43(46(30)44)48-29-31-15-12-24-42(49-31)37-27-41-36(28-45(37)51-32-16-2-1-3-17-32)35-20-6-9-23-40(35)47(41)38-21-7-4-18-33(38)34-19-5-8-22-39(34)47/h1-29,50H. The molecule has 0 saturated carbocycles. The first-order valence-electron chi connectivity index (χ1n) is 17.1. The van der Waals surface area contributed by atoms with Crippen LogP contribution >= 0.6 is 0 Å². The number of aromatic hydroxyl groups is 1. The molecule has 0 aliphatic heterocycles. The minimum Gasteiger partial charge on any atom is -0.507 e. The molecule has 240 valence electrons. The van der Waals surface area contributed by atoms with Gasteiger partial charge in [-0.25, -0.2) is 4.98 Å². The Morgan fingerprint density at radius 3 is 1.84 bits per heavy atom. The van der Waals surface area contributed by atoms with E-state index in [0.29, 0.717) is 16.8 Å². The van der Waals surface area contributed by atoms with Gasteiger partial charge in [0.15, 0.2) is 0 Å². The topological polar surface area (TPSA) is 54.7 Å². The molecular weight excluding hydrogens is 625 g/mol. The predicted molar refractivity (Wildman–Crippen MR) is 205 cm³/mol. The van der Waals surface area contributed by atoms with Gasteiger partial charge in [-0.3, -0.25) is 4.99 Å². The molecule has 51 heavy (non-hydrogen) atoms. The van der Waals surface area contributed by atoms with Crippen molar-refractivity contribution in [2.24, 2.45) is 4.99 Å². The molecule has 0 unspecified atom stereocenters. The zero-order chi connectivity index (χ0) is 33.9. The first-order chi connectivity index (χ1) is 25.2. The molecule has 2 aliphatic rings. The number of phenolic OH excluding ortho intramolecular Hbond substituents is 1. The maximum atomic E-state index is 10.6. The summed E-state index contributed by atoms with van der Waals surface area (Å²) in [5.41, 5.74) is 12.5. The molecule has 8 aromatic rings. The van der Waals surface area contributed by atoms with Gasteiger partial charge in [-0.1, -0.05) is 121 Å². The summed E-state index contributed by atoms with van der Waals surface area (Å²) in [6.07, 6.45) is 1.76. The van der Waals surface area contributed by atoms with Crippen molar-refractivity contribution in [3.8, 4) is 50.8 Å². The Morgan fingerprint density at radius 1 is 0.529 bits per heavy atom. The molecule has 0 radical (unpaired) electrons. The van der Waals surface area contributed by atoms with Crippen LogP contribution in [0.2, 0.25) is 0 Å². The monoisotopic (exact) mass is 654 g/mol. The van der Waals surface area contributed by atoms with Crippen LogP contribution in [-0.4, -0.2) is 16.3 Å². The average molecular weight is 655 g/mol. The second-order valence-corrected chi connectivity index (χ2v) is 13.1. The Kier molecular flexibility index (Phi) is 6.52. The number of hydrogen-bond donors (Lipinski definition) is 1. The first kappa shape index (κ1) is 29.2. The molecule has 0 amide bonds. The van der Waals surface area contributed by atoms with Gasteiger partial charge in [0.2, 0.25) is 0 Å². The van der Waals surface area contributed by atoms with Crippen molar-refractivity contribution in [1.82, 2.24) is 4.98 Å². The van der Waals surface area contributed by atoms with Gasteiger partial charge >= 0.3 is 0 Å². The van der Waals surface area contributed by atoms with E-state index >= 15 is 0 Å². The predicted octanol–water partition coefficient (Wildman–Crippen LogP) is 11.5. The third kappa shape index (κ3) is 4.40. The molecule has 1 N–H and O–H groups in total. The highest BCUT2D eigenvalue weighted by atomic mass is 16.5. The van der Waals surface area contributed by atoms with E-state index in [1.54, 1.807) is 12.3 Å². The third-order valence-corrected chi connectivity index (χ3v) is 10.3. The fourth-order valence-electron chi connectivity index (χ4n) is 8.24.